The maximum absolute atomic E-state index is 14.4. The number of halogens is 5. The number of hydrogen-bond donors (Lipinski definition) is 1. The van der Waals surface area contributed by atoms with E-state index < -0.39 is 62.1 Å². The predicted octanol–water partition coefficient (Wildman–Crippen LogP) is 4.56. The molecule has 0 radical (unpaired) electrons. The molecule has 0 saturated carbocycles. The van der Waals surface area contributed by atoms with Crippen LogP contribution in [-0.4, -0.2) is 19.5 Å². The zero-order chi connectivity index (χ0) is 22.5. The number of rotatable bonds is 3. The lowest BCUT2D eigenvalue weighted by Gasteiger charge is -2.08. The molecule has 0 saturated heterocycles. The summed E-state index contributed by atoms with van der Waals surface area (Å²) in [6.07, 6.45) is -5.11. The lowest BCUT2D eigenvalue weighted by Crippen LogP contribution is -2.20. The maximum Gasteiger partial charge on any atom is 0.433 e. The fourth-order valence-corrected chi connectivity index (χ4v) is 3.18. The third-order valence-corrected chi connectivity index (χ3v) is 4.47. The third kappa shape index (κ3) is 3.31. The van der Waals surface area contributed by atoms with Crippen LogP contribution in [0.2, 0.25) is 0 Å². The number of nitrogens with zero attached hydrogens (tertiary/aromatic N) is 3. The number of nitro groups is 1. The van der Waals surface area contributed by atoms with Gasteiger partial charge in [-0.25, -0.2) is 13.8 Å². The van der Waals surface area contributed by atoms with Crippen molar-refractivity contribution in [3.05, 3.63) is 86.3 Å². The lowest BCUT2D eigenvalue weighted by atomic mass is 10.0. The van der Waals surface area contributed by atoms with Gasteiger partial charge in [-0.1, -0.05) is 30.3 Å². The molecule has 0 amide bonds. The molecule has 7 nitrogen and oxygen atoms in total. The molecule has 4 aromatic rings. The molecule has 2 heterocycles. The minimum absolute atomic E-state index is 0.0917. The van der Waals surface area contributed by atoms with Gasteiger partial charge in [-0.15, -0.1) is 0 Å². The van der Waals surface area contributed by atoms with E-state index in [9.17, 15) is 36.9 Å². The molecule has 1 N–H and O–H groups in total. The second-order valence-electron chi connectivity index (χ2n) is 6.38. The molecule has 0 aliphatic rings. The van der Waals surface area contributed by atoms with Crippen LogP contribution in [-0.2, 0) is 6.18 Å². The summed E-state index contributed by atoms with van der Waals surface area (Å²) in [7, 11) is 0. The smallest absolute Gasteiger partial charge is 0.284 e. The van der Waals surface area contributed by atoms with Crippen molar-refractivity contribution in [1.29, 1.82) is 0 Å². The second-order valence-corrected chi connectivity index (χ2v) is 6.38. The van der Waals surface area contributed by atoms with Crippen LogP contribution >= 0.6 is 0 Å². The van der Waals surface area contributed by atoms with Crippen molar-refractivity contribution in [3.8, 4) is 22.4 Å². The summed E-state index contributed by atoms with van der Waals surface area (Å²) >= 11 is 0. The van der Waals surface area contributed by atoms with Gasteiger partial charge in [-0.05, 0) is 12.1 Å². The summed E-state index contributed by atoms with van der Waals surface area (Å²) in [5.74, 6) is -2.36. The Balaban J connectivity index is 2.20. The van der Waals surface area contributed by atoms with Crippen molar-refractivity contribution < 1.29 is 26.9 Å². The van der Waals surface area contributed by atoms with Crippen LogP contribution in [0.25, 0.3) is 28.0 Å². The summed E-state index contributed by atoms with van der Waals surface area (Å²) < 4.78 is 69.0. The molecule has 2 aromatic heterocycles. The Labute approximate surface area is 168 Å². The van der Waals surface area contributed by atoms with Gasteiger partial charge in [0.15, 0.2) is 11.3 Å². The highest BCUT2D eigenvalue weighted by Gasteiger charge is 2.40. The molecule has 158 valence electrons. The zero-order valence-electron chi connectivity index (χ0n) is 15.1. The first-order chi connectivity index (χ1) is 14.6. The van der Waals surface area contributed by atoms with Crippen molar-refractivity contribution in [2.75, 3.05) is 0 Å². The van der Waals surface area contributed by atoms with E-state index in [0.29, 0.717) is 6.07 Å². The molecule has 0 aliphatic heterocycles. The second kappa shape index (κ2) is 7.00. The van der Waals surface area contributed by atoms with Crippen LogP contribution in [0.15, 0.2) is 53.3 Å². The summed E-state index contributed by atoms with van der Waals surface area (Å²) in [6.45, 7) is 0. The fourth-order valence-electron chi connectivity index (χ4n) is 3.18. The Morgan fingerprint density at radius 3 is 2.32 bits per heavy atom. The summed E-state index contributed by atoms with van der Waals surface area (Å²) in [5.41, 5.74) is -6.73. The van der Waals surface area contributed by atoms with Crippen LogP contribution in [0, 0.1) is 21.7 Å². The average molecular weight is 436 g/mol. The highest BCUT2D eigenvalue weighted by molar-refractivity contribution is 5.83. The fraction of sp³-hybridized carbons (Fsp3) is 0.0526. The Morgan fingerprint density at radius 1 is 1.06 bits per heavy atom. The summed E-state index contributed by atoms with van der Waals surface area (Å²) in [6, 6.07) is 9.19. The number of H-pyrrole nitrogens is 1. The standard InChI is InChI=1S/C19H9F5N4O3/c20-10-6-7-11(12(21)8-10)13-16(19(22,23)24)26-27-17(13)25-14(9-4-2-1-3-5-9)15(18(27)29)28(30)31/h1-8,26H. The highest BCUT2D eigenvalue weighted by Crippen LogP contribution is 2.40. The quantitative estimate of drug-likeness (QED) is 0.289. The van der Waals surface area contributed by atoms with Gasteiger partial charge in [0, 0.05) is 17.2 Å². The van der Waals surface area contributed by atoms with Crippen LogP contribution in [0.1, 0.15) is 5.69 Å². The zero-order valence-corrected chi connectivity index (χ0v) is 15.1. The Morgan fingerprint density at radius 2 is 1.74 bits per heavy atom. The van der Waals surface area contributed by atoms with Crippen LogP contribution in [0.5, 0.6) is 0 Å². The van der Waals surface area contributed by atoms with Gasteiger partial charge in [0.25, 0.3) is 0 Å². The number of hydrogen-bond acceptors (Lipinski definition) is 4. The molecule has 0 atom stereocenters. The minimum Gasteiger partial charge on any atom is -0.284 e. The molecule has 4 rings (SSSR count). The first-order valence-corrected chi connectivity index (χ1v) is 8.50. The first kappa shape index (κ1) is 20.2. The van der Waals surface area contributed by atoms with Gasteiger partial charge in [0.1, 0.15) is 17.3 Å². The molecule has 31 heavy (non-hydrogen) atoms. The van der Waals surface area contributed by atoms with E-state index in [1.807, 2.05) is 0 Å². The number of nitrogens with one attached hydrogen (secondary N) is 1. The van der Waals surface area contributed by atoms with Crippen molar-refractivity contribution >= 4 is 11.3 Å². The van der Waals surface area contributed by atoms with Gasteiger partial charge < -0.3 is 0 Å². The summed E-state index contributed by atoms with van der Waals surface area (Å²) in [4.78, 5) is 27.2. The number of aromatic nitrogens is 3. The summed E-state index contributed by atoms with van der Waals surface area (Å²) in [5, 5.41) is 13.3. The Kier molecular flexibility index (Phi) is 4.56. The normalized spacial score (nSPS) is 11.8. The lowest BCUT2D eigenvalue weighted by molar-refractivity contribution is -0.385. The molecule has 0 spiro atoms. The first-order valence-electron chi connectivity index (χ1n) is 8.50. The van der Waals surface area contributed by atoms with E-state index in [0.717, 1.165) is 12.1 Å². The van der Waals surface area contributed by atoms with Gasteiger partial charge in [0.05, 0.1) is 10.5 Å². The Bertz CT molecular complexity index is 1390. The van der Waals surface area contributed by atoms with Gasteiger partial charge in [-0.3, -0.25) is 20.0 Å². The SMILES string of the molecule is O=c1c([N+](=O)[O-])c(-c2ccccc2)nc2c(-c3ccc(F)cc3F)c(C(F)(F)F)[nH]n12. The molecular weight excluding hydrogens is 427 g/mol. The van der Waals surface area contributed by atoms with Gasteiger partial charge in [0.2, 0.25) is 0 Å². The molecule has 2 aromatic carbocycles. The highest BCUT2D eigenvalue weighted by atomic mass is 19.4. The van der Waals surface area contributed by atoms with E-state index in [2.05, 4.69) is 4.98 Å². The molecule has 0 aliphatic carbocycles. The largest absolute Gasteiger partial charge is 0.433 e. The Hall–Kier alpha value is -4.09. The van der Waals surface area contributed by atoms with Gasteiger partial charge >= 0.3 is 17.4 Å². The topological polar surface area (TPSA) is 93.3 Å². The molecule has 12 heteroatoms. The molecular formula is C19H9F5N4O3. The monoisotopic (exact) mass is 436 g/mol. The van der Waals surface area contributed by atoms with Crippen LogP contribution < -0.4 is 5.56 Å². The van der Waals surface area contributed by atoms with Crippen molar-refractivity contribution in [1.82, 2.24) is 14.6 Å². The minimum atomic E-state index is -5.11. The van der Waals surface area contributed by atoms with E-state index in [4.69, 9.17) is 0 Å². The van der Waals surface area contributed by atoms with Crippen molar-refractivity contribution in [2.24, 2.45) is 0 Å². The van der Waals surface area contributed by atoms with Gasteiger partial charge in [-0.2, -0.15) is 17.7 Å². The van der Waals surface area contributed by atoms with Crippen LogP contribution in [0.4, 0.5) is 27.6 Å². The average Bonchev–Trinajstić information content (AvgIpc) is 3.08. The van der Waals surface area contributed by atoms with Crippen molar-refractivity contribution in [3.63, 3.8) is 0 Å². The van der Waals surface area contributed by atoms with Crippen LogP contribution in [0.3, 0.4) is 0 Å². The molecule has 0 unspecified atom stereocenters. The third-order valence-electron chi connectivity index (χ3n) is 4.47. The predicted molar refractivity (Wildman–Crippen MR) is 98.3 cm³/mol. The number of benzene rings is 2. The molecule has 0 bridgehead atoms. The number of aromatic amines is 1. The van der Waals surface area contributed by atoms with Crippen molar-refractivity contribution in [2.45, 2.75) is 6.18 Å². The maximum atomic E-state index is 14.4. The van der Waals surface area contributed by atoms with E-state index in [-0.39, 0.29) is 10.1 Å². The van der Waals surface area contributed by atoms with E-state index in [1.165, 1.54) is 24.3 Å². The number of alkyl halides is 3. The van der Waals surface area contributed by atoms with E-state index in [1.54, 1.807) is 11.2 Å². The molecule has 0 fully saturated rings. The van der Waals surface area contributed by atoms with E-state index >= 15 is 0 Å². The number of fused-ring (bicyclic) bond motifs is 1.